The molecule has 0 heterocycles. The number of hydrogen-bond acceptors (Lipinski definition) is 2. The van der Waals surface area contributed by atoms with E-state index in [2.05, 4.69) is 25.7 Å². The van der Waals surface area contributed by atoms with E-state index < -0.39 is 0 Å². The van der Waals surface area contributed by atoms with Gasteiger partial charge < -0.3 is 0 Å². The number of hydrogen-bond donors (Lipinski definition) is 1. The average Bonchev–Trinajstić information content (AvgIpc) is 2.10. The Hall–Kier alpha value is -0.0800. The Morgan fingerprint density at radius 3 is 2.15 bits per heavy atom. The van der Waals surface area contributed by atoms with Gasteiger partial charge in [-0.2, -0.15) is 0 Å². The van der Waals surface area contributed by atoms with Crippen molar-refractivity contribution < 1.29 is 10.1 Å². The summed E-state index contributed by atoms with van der Waals surface area (Å²) >= 11 is 0. The van der Waals surface area contributed by atoms with E-state index >= 15 is 0 Å². The maximum absolute atomic E-state index is 8.57. The van der Waals surface area contributed by atoms with Crippen LogP contribution in [0, 0.1) is 5.92 Å². The van der Waals surface area contributed by atoms with Crippen molar-refractivity contribution in [2.75, 3.05) is 0 Å². The molecule has 1 unspecified atom stereocenters. The molecule has 0 amide bonds. The molecule has 0 aliphatic carbocycles. The first kappa shape index (κ1) is 12.9. The Labute approximate surface area is 82.2 Å². The van der Waals surface area contributed by atoms with E-state index in [9.17, 15) is 0 Å². The Bertz CT molecular complexity index is 102. The van der Waals surface area contributed by atoms with E-state index in [0.717, 1.165) is 25.2 Å². The maximum Gasteiger partial charge on any atom is 0.0927 e. The molecule has 0 aliphatic heterocycles. The van der Waals surface area contributed by atoms with Gasteiger partial charge >= 0.3 is 0 Å². The van der Waals surface area contributed by atoms with Crippen LogP contribution in [-0.4, -0.2) is 11.4 Å². The molecule has 0 radical (unpaired) electrons. The smallest absolute Gasteiger partial charge is 0.0927 e. The molecule has 0 fully saturated rings. The van der Waals surface area contributed by atoms with Crippen LogP contribution in [0.5, 0.6) is 0 Å². The zero-order chi connectivity index (χ0) is 10.1. The fraction of sp³-hybridized carbons (Fsp3) is 1.00. The third kappa shape index (κ3) is 8.26. The molecule has 0 saturated carbocycles. The van der Waals surface area contributed by atoms with Gasteiger partial charge in [0.25, 0.3) is 0 Å². The molecule has 2 heteroatoms. The zero-order valence-corrected chi connectivity index (χ0v) is 9.25. The average molecular weight is 188 g/mol. The molecule has 0 spiro atoms. The summed E-state index contributed by atoms with van der Waals surface area (Å²) in [6.45, 7) is 6.60. The molecule has 0 aromatic rings. The largest absolute Gasteiger partial charge is 0.252 e. The second kappa shape index (κ2) is 8.52. The minimum atomic E-state index is 0.0668. The van der Waals surface area contributed by atoms with Crippen molar-refractivity contribution in [3.05, 3.63) is 0 Å². The summed E-state index contributed by atoms with van der Waals surface area (Å²) in [6.07, 6.45) is 6.82. The molecular weight excluding hydrogens is 164 g/mol. The van der Waals surface area contributed by atoms with Crippen molar-refractivity contribution in [3.8, 4) is 0 Å². The van der Waals surface area contributed by atoms with Crippen molar-refractivity contribution in [3.63, 3.8) is 0 Å². The molecule has 0 aliphatic rings. The molecule has 80 valence electrons. The minimum Gasteiger partial charge on any atom is -0.252 e. The van der Waals surface area contributed by atoms with Gasteiger partial charge in [0.05, 0.1) is 6.10 Å². The first-order valence-electron chi connectivity index (χ1n) is 5.50. The quantitative estimate of drug-likeness (QED) is 0.356. The molecule has 0 aromatic heterocycles. The summed E-state index contributed by atoms with van der Waals surface area (Å²) in [6, 6.07) is 0. The Balaban J connectivity index is 3.27. The van der Waals surface area contributed by atoms with Crippen LogP contribution >= 0.6 is 0 Å². The van der Waals surface area contributed by atoms with Crippen LogP contribution in [0.2, 0.25) is 0 Å². The first-order valence-corrected chi connectivity index (χ1v) is 5.50. The van der Waals surface area contributed by atoms with E-state index in [0.29, 0.717) is 0 Å². The molecule has 0 rings (SSSR count). The minimum absolute atomic E-state index is 0.0668. The third-order valence-electron chi connectivity index (χ3n) is 2.32. The third-order valence-corrected chi connectivity index (χ3v) is 2.32. The van der Waals surface area contributed by atoms with Crippen LogP contribution in [0.4, 0.5) is 0 Å². The van der Waals surface area contributed by atoms with E-state index in [1.807, 2.05) is 0 Å². The highest BCUT2D eigenvalue weighted by atomic mass is 17.1. The lowest BCUT2D eigenvalue weighted by atomic mass is 10.0. The van der Waals surface area contributed by atoms with Crippen molar-refractivity contribution in [2.24, 2.45) is 5.92 Å². The van der Waals surface area contributed by atoms with E-state index in [1.165, 1.54) is 19.3 Å². The SMILES string of the molecule is CCCC(CCCCC(C)C)OO. The lowest BCUT2D eigenvalue weighted by Crippen LogP contribution is -2.10. The lowest BCUT2D eigenvalue weighted by Gasteiger charge is -2.12. The van der Waals surface area contributed by atoms with Crippen molar-refractivity contribution in [1.29, 1.82) is 0 Å². The monoisotopic (exact) mass is 188 g/mol. The fourth-order valence-corrected chi connectivity index (χ4v) is 1.50. The van der Waals surface area contributed by atoms with Crippen LogP contribution in [0.15, 0.2) is 0 Å². The summed E-state index contributed by atoms with van der Waals surface area (Å²) < 4.78 is 0. The van der Waals surface area contributed by atoms with Gasteiger partial charge in [0.15, 0.2) is 0 Å². The lowest BCUT2D eigenvalue weighted by molar-refractivity contribution is -0.281. The second-order valence-corrected chi connectivity index (χ2v) is 4.19. The molecule has 13 heavy (non-hydrogen) atoms. The molecule has 1 atom stereocenters. The zero-order valence-electron chi connectivity index (χ0n) is 9.25. The van der Waals surface area contributed by atoms with Gasteiger partial charge in [-0.15, -0.1) is 0 Å². The molecular formula is C11H24O2. The number of rotatable bonds is 8. The summed E-state index contributed by atoms with van der Waals surface area (Å²) in [4.78, 5) is 4.40. The summed E-state index contributed by atoms with van der Waals surface area (Å²) in [7, 11) is 0. The van der Waals surface area contributed by atoms with Gasteiger partial charge in [0.1, 0.15) is 0 Å². The summed E-state index contributed by atoms with van der Waals surface area (Å²) in [5.74, 6) is 0.791. The van der Waals surface area contributed by atoms with Crippen molar-refractivity contribution in [2.45, 2.75) is 65.4 Å². The molecule has 0 saturated heterocycles. The summed E-state index contributed by atoms with van der Waals surface area (Å²) in [5.41, 5.74) is 0. The highest BCUT2D eigenvalue weighted by molar-refractivity contribution is 4.56. The predicted molar refractivity (Wildman–Crippen MR) is 55.7 cm³/mol. The summed E-state index contributed by atoms with van der Waals surface area (Å²) in [5, 5.41) is 8.57. The molecule has 1 N–H and O–H groups in total. The van der Waals surface area contributed by atoms with Crippen molar-refractivity contribution >= 4 is 0 Å². The molecule has 2 nitrogen and oxygen atoms in total. The van der Waals surface area contributed by atoms with Gasteiger partial charge in [0, 0.05) is 0 Å². The van der Waals surface area contributed by atoms with Crippen LogP contribution in [0.25, 0.3) is 0 Å². The Kier molecular flexibility index (Phi) is 8.46. The van der Waals surface area contributed by atoms with Crippen LogP contribution in [0.3, 0.4) is 0 Å². The highest BCUT2D eigenvalue weighted by Gasteiger charge is 2.06. The maximum atomic E-state index is 8.57. The van der Waals surface area contributed by atoms with Gasteiger partial charge in [-0.3, -0.25) is 5.26 Å². The molecule has 0 aromatic carbocycles. The van der Waals surface area contributed by atoms with Gasteiger partial charge in [-0.1, -0.05) is 46.5 Å². The van der Waals surface area contributed by atoms with Crippen LogP contribution < -0.4 is 0 Å². The standard InChI is InChI=1S/C11H24O2/c1-4-7-11(13-12)9-6-5-8-10(2)3/h10-12H,4-9H2,1-3H3. The second-order valence-electron chi connectivity index (χ2n) is 4.19. The van der Waals surface area contributed by atoms with Crippen LogP contribution in [-0.2, 0) is 4.89 Å². The van der Waals surface area contributed by atoms with Gasteiger partial charge in [0.2, 0.25) is 0 Å². The van der Waals surface area contributed by atoms with Gasteiger partial charge in [-0.25, -0.2) is 4.89 Å². The highest BCUT2D eigenvalue weighted by Crippen LogP contribution is 2.13. The van der Waals surface area contributed by atoms with Crippen molar-refractivity contribution in [1.82, 2.24) is 0 Å². The van der Waals surface area contributed by atoms with E-state index in [1.54, 1.807) is 0 Å². The van der Waals surface area contributed by atoms with E-state index in [-0.39, 0.29) is 6.10 Å². The van der Waals surface area contributed by atoms with Crippen LogP contribution in [0.1, 0.15) is 59.3 Å². The first-order chi connectivity index (χ1) is 6.20. The normalized spacial score (nSPS) is 13.6. The Morgan fingerprint density at radius 2 is 1.69 bits per heavy atom. The van der Waals surface area contributed by atoms with E-state index in [4.69, 9.17) is 5.26 Å². The predicted octanol–water partition coefficient (Wildman–Crippen LogP) is 3.86. The Morgan fingerprint density at radius 1 is 1.08 bits per heavy atom. The fourth-order valence-electron chi connectivity index (χ4n) is 1.50. The topological polar surface area (TPSA) is 29.5 Å². The number of unbranched alkanes of at least 4 members (excludes halogenated alkanes) is 1. The molecule has 0 bridgehead atoms. The van der Waals surface area contributed by atoms with Gasteiger partial charge in [-0.05, 0) is 18.8 Å².